The molecule has 2 nitrogen and oxygen atoms in total. The van der Waals surface area contributed by atoms with Gasteiger partial charge >= 0.3 is 0 Å². The van der Waals surface area contributed by atoms with Gasteiger partial charge in [-0.25, -0.2) is 0 Å². The van der Waals surface area contributed by atoms with Gasteiger partial charge in [0.25, 0.3) is 0 Å². The van der Waals surface area contributed by atoms with Crippen LogP contribution in [0.15, 0.2) is 12.4 Å². The predicted molar refractivity (Wildman–Crippen MR) is 79.6 cm³/mol. The van der Waals surface area contributed by atoms with Gasteiger partial charge in [0.2, 0.25) is 0 Å². The van der Waals surface area contributed by atoms with Crippen molar-refractivity contribution in [2.24, 2.45) is 5.92 Å². The Morgan fingerprint density at radius 2 is 2.00 bits per heavy atom. The summed E-state index contributed by atoms with van der Waals surface area (Å²) in [6, 6.07) is 0. The highest BCUT2D eigenvalue weighted by Crippen LogP contribution is 2.23. The summed E-state index contributed by atoms with van der Waals surface area (Å²) in [5, 5.41) is 0. The number of hydrogen-bond donors (Lipinski definition) is 0. The van der Waals surface area contributed by atoms with Gasteiger partial charge in [0.1, 0.15) is 0 Å². The maximum atomic E-state index is 12.0. The standard InChI is InChI=1S/C17H27NO/c1-3-5-8-14(4-2)11-18-12-15-9-6-7-10-17(19)16(15)13-18/h12-14H,3-11H2,1-2H3. The third-order valence-corrected chi connectivity index (χ3v) is 4.38. The van der Waals surface area contributed by atoms with Crippen molar-refractivity contribution in [3.63, 3.8) is 0 Å². The van der Waals surface area contributed by atoms with E-state index in [1.807, 2.05) is 0 Å². The molecule has 2 heteroatoms. The maximum Gasteiger partial charge on any atom is 0.164 e. The molecule has 0 N–H and O–H groups in total. The van der Waals surface area contributed by atoms with E-state index >= 15 is 0 Å². The van der Waals surface area contributed by atoms with Gasteiger partial charge in [0, 0.05) is 30.9 Å². The minimum atomic E-state index is 0.354. The SMILES string of the molecule is CCCCC(CC)Cn1cc2c(c1)C(=O)CCCC2. The summed E-state index contributed by atoms with van der Waals surface area (Å²) in [6.45, 7) is 5.61. The molecule has 0 aromatic carbocycles. The number of ketones is 1. The largest absolute Gasteiger partial charge is 0.353 e. The zero-order valence-corrected chi connectivity index (χ0v) is 12.5. The molecule has 0 radical (unpaired) electrons. The fraction of sp³-hybridized carbons (Fsp3) is 0.706. The Kier molecular flexibility index (Phi) is 5.24. The van der Waals surface area contributed by atoms with Crippen LogP contribution in [0.5, 0.6) is 0 Å². The van der Waals surface area contributed by atoms with Crippen LogP contribution in [0.4, 0.5) is 0 Å². The van der Waals surface area contributed by atoms with Gasteiger partial charge in [0.05, 0.1) is 0 Å². The first-order valence-electron chi connectivity index (χ1n) is 7.96. The molecule has 1 heterocycles. The van der Waals surface area contributed by atoms with E-state index in [0.717, 1.165) is 43.7 Å². The van der Waals surface area contributed by atoms with Gasteiger partial charge in [-0.3, -0.25) is 4.79 Å². The van der Waals surface area contributed by atoms with Crippen molar-refractivity contribution >= 4 is 5.78 Å². The molecule has 1 unspecified atom stereocenters. The second-order valence-corrected chi connectivity index (χ2v) is 5.94. The minimum Gasteiger partial charge on any atom is -0.353 e. The monoisotopic (exact) mass is 261 g/mol. The number of aryl methyl sites for hydroxylation is 1. The molecular formula is C17H27NO. The molecule has 19 heavy (non-hydrogen) atoms. The fourth-order valence-corrected chi connectivity index (χ4v) is 3.06. The average molecular weight is 261 g/mol. The van der Waals surface area contributed by atoms with Crippen molar-refractivity contribution in [1.29, 1.82) is 0 Å². The van der Waals surface area contributed by atoms with Crippen LogP contribution in [0, 0.1) is 5.92 Å². The summed E-state index contributed by atoms with van der Waals surface area (Å²) in [5.74, 6) is 1.11. The first-order chi connectivity index (χ1) is 9.24. The van der Waals surface area contributed by atoms with E-state index in [1.165, 1.54) is 31.2 Å². The average Bonchev–Trinajstić information content (AvgIpc) is 2.74. The lowest BCUT2D eigenvalue weighted by molar-refractivity contribution is 0.0982. The van der Waals surface area contributed by atoms with Gasteiger partial charge in [-0.2, -0.15) is 0 Å². The molecule has 106 valence electrons. The lowest BCUT2D eigenvalue weighted by Crippen LogP contribution is -2.09. The Morgan fingerprint density at radius 3 is 2.74 bits per heavy atom. The highest BCUT2D eigenvalue weighted by molar-refractivity contribution is 5.97. The predicted octanol–water partition coefficient (Wildman–Crippen LogP) is 4.61. The lowest BCUT2D eigenvalue weighted by atomic mass is 9.99. The van der Waals surface area contributed by atoms with Crippen molar-refractivity contribution in [2.75, 3.05) is 0 Å². The third-order valence-electron chi connectivity index (χ3n) is 4.38. The van der Waals surface area contributed by atoms with E-state index in [0.29, 0.717) is 5.78 Å². The molecule has 0 fully saturated rings. The molecule has 0 aliphatic heterocycles. The van der Waals surface area contributed by atoms with Crippen LogP contribution in [0.3, 0.4) is 0 Å². The first-order valence-corrected chi connectivity index (χ1v) is 7.96. The summed E-state index contributed by atoms with van der Waals surface area (Å²) < 4.78 is 2.28. The van der Waals surface area contributed by atoms with Crippen LogP contribution < -0.4 is 0 Å². The van der Waals surface area contributed by atoms with E-state index in [1.54, 1.807) is 0 Å². The topological polar surface area (TPSA) is 22.0 Å². The Morgan fingerprint density at radius 1 is 1.21 bits per heavy atom. The number of carbonyl (C=O) groups excluding carboxylic acids is 1. The number of carbonyl (C=O) groups is 1. The highest BCUT2D eigenvalue weighted by Gasteiger charge is 2.18. The van der Waals surface area contributed by atoms with Crippen molar-refractivity contribution in [3.8, 4) is 0 Å². The molecule has 0 saturated carbocycles. The van der Waals surface area contributed by atoms with Crippen molar-refractivity contribution in [1.82, 2.24) is 4.57 Å². The lowest BCUT2D eigenvalue weighted by Gasteiger charge is -2.15. The molecular weight excluding hydrogens is 234 g/mol. The number of Topliss-reactive ketones (excluding diaryl/α,β-unsaturated/α-hetero) is 1. The number of unbranched alkanes of at least 4 members (excludes halogenated alkanes) is 1. The van der Waals surface area contributed by atoms with E-state index < -0.39 is 0 Å². The normalized spacial score (nSPS) is 17.1. The van der Waals surface area contributed by atoms with Crippen LogP contribution in [0.25, 0.3) is 0 Å². The molecule has 1 aliphatic carbocycles. The Balaban J connectivity index is 2.05. The summed E-state index contributed by atoms with van der Waals surface area (Å²) in [5.41, 5.74) is 2.29. The zero-order chi connectivity index (χ0) is 13.7. The molecule has 0 amide bonds. The summed E-state index contributed by atoms with van der Waals surface area (Å²) in [6.07, 6.45) is 13.5. The zero-order valence-electron chi connectivity index (χ0n) is 12.5. The number of fused-ring (bicyclic) bond motifs is 1. The van der Waals surface area contributed by atoms with Gasteiger partial charge in [-0.15, -0.1) is 0 Å². The summed E-state index contributed by atoms with van der Waals surface area (Å²) in [4.78, 5) is 12.0. The second-order valence-electron chi connectivity index (χ2n) is 5.94. The molecule has 1 aromatic heterocycles. The van der Waals surface area contributed by atoms with Crippen molar-refractivity contribution in [2.45, 2.75) is 71.8 Å². The van der Waals surface area contributed by atoms with Gasteiger partial charge in [-0.05, 0) is 37.2 Å². The Labute approximate surface area is 117 Å². The molecule has 0 bridgehead atoms. The maximum absolute atomic E-state index is 12.0. The van der Waals surface area contributed by atoms with E-state index in [9.17, 15) is 4.79 Å². The number of nitrogens with zero attached hydrogens (tertiary/aromatic N) is 1. The van der Waals surface area contributed by atoms with Gasteiger partial charge < -0.3 is 4.57 Å². The third kappa shape index (κ3) is 3.71. The minimum absolute atomic E-state index is 0.354. The van der Waals surface area contributed by atoms with E-state index in [-0.39, 0.29) is 0 Å². The van der Waals surface area contributed by atoms with Crippen molar-refractivity contribution in [3.05, 3.63) is 23.5 Å². The fourth-order valence-electron chi connectivity index (χ4n) is 3.06. The van der Waals surface area contributed by atoms with Crippen LogP contribution in [-0.4, -0.2) is 10.4 Å². The summed E-state index contributed by atoms with van der Waals surface area (Å²) >= 11 is 0. The van der Waals surface area contributed by atoms with Gasteiger partial charge in [-0.1, -0.05) is 33.1 Å². The first kappa shape index (κ1) is 14.4. The van der Waals surface area contributed by atoms with Crippen LogP contribution in [0.1, 0.15) is 74.7 Å². The van der Waals surface area contributed by atoms with Gasteiger partial charge in [0.15, 0.2) is 5.78 Å². The van der Waals surface area contributed by atoms with Crippen LogP contribution in [-0.2, 0) is 13.0 Å². The second kappa shape index (κ2) is 6.93. The number of rotatable bonds is 6. The van der Waals surface area contributed by atoms with E-state index in [2.05, 4.69) is 30.8 Å². The molecule has 1 aromatic rings. The summed E-state index contributed by atoms with van der Waals surface area (Å²) in [7, 11) is 0. The van der Waals surface area contributed by atoms with Crippen molar-refractivity contribution < 1.29 is 4.79 Å². The molecule has 2 rings (SSSR count). The van der Waals surface area contributed by atoms with E-state index in [4.69, 9.17) is 0 Å². The molecule has 1 aliphatic rings. The molecule has 0 spiro atoms. The smallest absolute Gasteiger partial charge is 0.164 e. The van der Waals surface area contributed by atoms with Crippen LogP contribution >= 0.6 is 0 Å². The molecule has 0 saturated heterocycles. The highest BCUT2D eigenvalue weighted by atomic mass is 16.1. The molecule has 1 atom stereocenters. The quantitative estimate of drug-likeness (QED) is 0.685. The Hall–Kier alpha value is -1.05. The Bertz CT molecular complexity index is 419. The number of hydrogen-bond acceptors (Lipinski definition) is 1. The number of aromatic nitrogens is 1. The van der Waals surface area contributed by atoms with Crippen LogP contribution in [0.2, 0.25) is 0 Å².